The third-order valence-corrected chi connectivity index (χ3v) is 6.39. The molecule has 210 valence electrons. The van der Waals surface area contributed by atoms with E-state index in [0.717, 1.165) is 23.8 Å². The zero-order chi connectivity index (χ0) is 27.0. The molecule has 4 N–H and O–H groups in total. The quantitative estimate of drug-likeness (QED) is 0.192. The summed E-state index contributed by atoms with van der Waals surface area (Å²) < 4.78 is 16.9. The summed E-state index contributed by atoms with van der Waals surface area (Å²) in [7, 11) is 0. The van der Waals surface area contributed by atoms with Crippen LogP contribution in [0, 0.1) is 0 Å². The fourth-order valence-electron chi connectivity index (χ4n) is 4.19. The van der Waals surface area contributed by atoms with E-state index in [1.165, 1.54) is 57.2 Å². The molecule has 11 nitrogen and oxygen atoms in total. The summed E-state index contributed by atoms with van der Waals surface area (Å²) in [5.74, 6) is -0.892. The van der Waals surface area contributed by atoms with Gasteiger partial charge in [0.05, 0.1) is 6.61 Å². The van der Waals surface area contributed by atoms with Crippen LogP contribution < -0.4 is 11.4 Å². The molecular formula is C26H43N3O8. The molecule has 0 radical (unpaired) electrons. The average molecular weight is 526 g/mol. The number of carbonyl (C=O) groups excluding carboxylic acids is 2. The highest BCUT2D eigenvalue weighted by atomic mass is 16.6. The molecule has 0 aliphatic carbocycles. The molecule has 1 aromatic heterocycles. The van der Waals surface area contributed by atoms with E-state index in [0.29, 0.717) is 6.61 Å². The number of nitrogen functional groups attached to an aromatic ring is 1. The van der Waals surface area contributed by atoms with E-state index in [2.05, 4.69) is 11.9 Å². The van der Waals surface area contributed by atoms with Crippen LogP contribution in [0.5, 0.6) is 0 Å². The maximum atomic E-state index is 12.0. The Morgan fingerprint density at radius 2 is 1.54 bits per heavy atom. The van der Waals surface area contributed by atoms with Crippen LogP contribution in [-0.4, -0.2) is 63.2 Å². The molecule has 37 heavy (non-hydrogen) atoms. The maximum absolute atomic E-state index is 12.0. The lowest BCUT2D eigenvalue weighted by atomic mass is 10.1. The van der Waals surface area contributed by atoms with Crippen molar-refractivity contribution in [2.24, 2.45) is 0 Å². The minimum atomic E-state index is -1.42. The lowest BCUT2D eigenvalue weighted by Crippen LogP contribution is -2.36. The number of aliphatic hydroxyl groups excluding tert-OH is 2. The van der Waals surface area contributed by atoms with Gasteiger partial charge in [-0.3, -0.25) is 14.2 Å². The van der Waals surface area contributed by atoms with E-state index in [-0.39, 0.29) is 37.7 Å². The van der Waals surface area contributed by atoms with Gasteiger partial charge in [0.15, 0.2) is 6.23 Å². The summed E-state index contributed by atoms with van der Waals surface area (Å²) in [5.41, 5.74) is 4.71. The first-order chi connectivity index (χ1) is 17.8. The molecule has 4 atom stereocenters. The minimum absolute atomic E-state index is 0.00347. The number of nitrogens with two attached hydrogens (primary N) is 1. The van der Waals surface area contributed by atoms with Gasteiger partial charge in [-0.15, -0.1) is 0 Å². The van der Waals surface area contributed by atoms with Crippen LogP contribution in [-0.2, 0) is 23.8 Å². The summed E-state index contributed by atoms with van der Waals surface area (Å²) >= 11 is 0. The Labute approximate surface area is 218 Å². The van der Waals surface area contributed by atoms with Gasteiger partial charge in [-0.25, -0.2) is 4.79 Å². The van der Waals surface area contributed by atoms with Crippen molar-refractivity contribution >= 4 is 17.8 Å². The van der Waals surface area contributed by atoms with Crippen molar-refractivity contribution in [3.8, 4) is 0 Å². The second kappa shape index (κ2) is 17.1. The van der Waals surface area contributed by atoms with E-state index in [1.807, 2.05) is 0 Å². The molecule has 0 saturated carbocycles. The highest BCUT2D eigenvalue weighted by molar-refractivity contribution is 5.72. The van der Waals surface area contributed by atoms with Crippen molar-refractivity contribution in [3.05, 3.63) is 22.7 Å². The van der Waals surface area contributed by atoms with E-state index in [4.69, 9.17) is 19.9 Å². The third-order valence-electron chi connectivity index (χ3n) is 6.39. The van der Waals surface area contributed by atoms with Crippen molar-refractivity contribution < 1.29 is 34.0 Å². The van der Waals surface area contributed by atoms with Crippen LogP contribution in [0.2, 0.25) is 0 Å². The standard InChI is InChI=1S/C26H43N3O8/c1-2-3-4-5-6-7-8-9-10-11-17-35-21(30)13-12-14-22(31)36-18-19-23(32)24(33)25(37-19)29-16-15-20(27)28-26(29)34/h15-16,19,23-25,32-33H,2-14,17-18H2,1H3,(H2,27,28,34)/t19-,23-,24+,25-/m1/s1. The van der Waals surface area contributed by atoms with Crippen LogP contribution in [0.1, 0.15) is 96.6 Å². The Bertz CT molecular complexity index is 878. The first-order valence-corrected chi connectivity index (χ1v) is 13.5. The molecule has 0 unspecified atom stereocenters. The fraction of sp³-hybridized carbons (Fsp3) is 0.769. The number of rotatable bonds is 18. The topological polar surface area (TPSA) is 163 Å². The number of nitrogens with zero attached hydrogens (tertiary/aromatic N) is 2. The molecule has 11 heteroatoms. The van der Waals surface area contributed by atoms with Gasteiger partial charge in [0.1, 0.15) is 30.7 Å². The van der Waals surface area contributed by atoms with Gasteiger partial charge < -0.3 is 30.2 Å². The smallest absolute Gasteiger partial charge is 0.351 e. The highest BCUT2D eigenvalue weighted by Crippen LogP contribution is 2.28. The molecule has 1 aliphatic heterocycles. The zero-order valence-electron chi connectivity index (χ0n) is 21.9. The molecule has 0 aromatic carbocycles. The summed E-state index contributed by atoms with van der Waals surface area (Å²) in [6, 6.07) is 1.36. The van der Waals surface area contributed by atoms with Gasteiger partial charge in [-0.2, -0.15) is 4.98 Å². The first kappa shape index (κ1) is 30.7. The molecule has 1 aliphatic rings. The Morgan fingerprint density at radius 3 is 2.16 bits per heavy atom. The fourth-order valence-corrected chi connectivity index (χ4v) is 4.19. The molecular weight excluding hydrogens is 482 g/mol. The number of aromatic nitrogens is 2. The largest absolute Gasteiger partial charge is 0.466 e. The second-order valence-electron chi connectivity index (χ2n) is 9.53. The number of ether oxygens (including phenoxy) is 3. The number of hydrogen-bond donors (Lipinski definition) is 3. The summed E-state index contributed by atoms with van der Waals surface area (Å²) in [4.78, 5) is 39.4. The predicted octanol–water partition coefficient (Wildman–Crippen LogP) is 2.62. The molecule has 1 fully saturated rings. The summed E-state index contributed by atoms with van der Waals surface area (Å²) in [6.45, 7) is 2.30. The normalized spacial score (nSPS) is 21.2. The lowest BCUT2D eigenvalue weighted by molar-refractivity contribution is -0.150. The molecule has 1 aromatic rings. The zero-order valence-corrected chi connectivity index (χ0v) is 21.9. The van der Waals surface area contributed by atoms with Gasteiger partial charge in [0, 0.05) is 19.0 Å². The Morgan fingerprint density at radius 1 is 0.946 bits per heavy atom. The lowest BCUT2D eigenvalue weighted by Gasteiger charge is -2.16. The number of anilines is 1. The van der Waals surface area contributed by atoms with E-state index < -0.39 is 36.2 Å². The van der Waals surface area contributed by atoms with Crippen LogP contribution in [0.3, 0.4) is 0 Å². The molecule has 0 spiro atoms. The molecule has 0 bridgehead atoms. The van der Waals surface area contributed by atoms with E-state index in [9.17, 15) is 24.6 Å². The number of carbonyl (C=O) groups is 2. The number of aliphatic hydroxyl groups is 2. The van der Waals surface area contributed by atoms with Crippen LogP contribution in [0.4, 0.5) is 5.82 Å². The van der Waals surface area contributed by atoms with Crippen molar-refractivity contribution in [2.45, 2.75) is 115 Å². The van der Waals surface area contributed by atoms with Crippen molar-refractivity contribution in [3.63, 3.8) is 0 Å². The van der Waals surface area contributed by atoms with Crippen LogP contribution in [0.25, 0.3) is 0 Å². The van der Waals surface area contributed by atoms with Gasteiger partial charge >= 0.3 is 17.6 Å². The number of unbranched alkanes of at least 4 members (excludes halogenated alkanes) is 9. The van der Waals surface area contributed by atoms with Crippen molar-refractivity contribution in [1.29, 1.82) is 0 Å². The second-order valence-corrected chi connectivity index (χ2v) is 9.53. The Balaban J connectivity index is 1.52. The Kier molecular flexibility index (Phi) is 14.2. The average Bonchev–Trinajstić information content (AvgIpc) is 3.14. The summed E-state index contributed by atoms with van der Waals surface area (Å²) in [5, 5.41) is 20.4. The third kappa shape index (κ3) is 11.2. The van der Waals surface area contributed by atoms with E-state index >= 15 is 0 Å². The minimum Gasteiger partial charge on any atom is -0.466 e. The molecule has 2 heterocycles. The SMILES string of the molecule is CCCCCCCCCCCCOC(=O)CCCC(=O)OC[C@H]1O[C@@H](n2ccc(N)nc2=O)[C@@H](O)[C@@H]1O. The summed E-state index contributed by atoms with van der Waals surface area (Å²) in [6.07, 6.45) is 8.78. The Hall–Kier alpha value is -2.50. The maximum Gasteiger partial charge on any atom is 0.351 e. The first-order valence-electron chi connectivity index (χ1n) is 13.5. The number of esters is 2. The molecule has 0 amide bonds. The van der Waals surface area contributed by atoms with Crippen molar-refractivity contribution in [1.82, 2.24) is 9.55 Å². The highest BCUT2D eigenvalue weighted by Gasteiger charge is 2.44. The van der Waals surface area contributed by atoms with Crippen molar-refractivity contribution in [2.75, 3.05) is 18.9 Å². The van der Waals surface area contributed by atoms with Gasteiger partial charge in [-0.05, 0) is 18.9 Å². The predicted molar refractivity (Wildman–Crippen MR) is 136 cm³/mol. The molecule has 2 rings (SSSR count). The van der Waals surface area contributed by atoms with E-state index in [1.54, 1.807) is 0 Å². The molecule has 1 saturated heterocycles. The van der Waals surface area contributed by atoms with Crippen LogP contribution >= 0.6 is 0 Å². The van der Waals surface area contributed by atoms with Gasteiger partial charge in [-0.1, -0.05) is 64.7 Å². The monoisotopic (exact) mass is 525 g/mol. The number of hydrogen-bond acceptors (Lipinski definition) is 10. The van der Waals surface area contributed by atoms with Gasteiger partial charge in [0.25, 0.3) is 0 Å². The van der Waals surface area contributed by atoms with Crippen LogP contribution in [0.15, 0.2) is 17.1 Å². The van der Waals surface area contributed by atoms with Gasteiger partial charge in [0.2, 0.25) is 0 Å².